The number of nitrogens with two attached hydrogens (primary N) is 4. The van der Waals surface area contributed by atoms with Crippen LogP contribution in [0.25, 0.3) is 5.57 Å². The van der Waals surface area contributed by atoms with Gasteiger partial charge in [-0.3, -0.25) is 43.2 Å². The first kappa shape index (κ1) is 82.2. The van der Waals surface area contributed by atoms with Gasteiger partial charge in [-0.15, -0.1) is 0 Å². The average Bonchev–Trinajstić information content (AvgIpc) is 0.817. The number of rotatable bonds is 53. The minimum absolute atomic E-state index is 0.00221. The summed E-state index contributed by atoms with van der Waals surface area (Å²) in [6, 6.07) is 18.6. The summed E-state index contributed by atoms with van der Waals surface area (Å²) in [7, 11) is 2.96. The van der Waals surface area contributed by atoms with Crippen molar-refractivity contribution in [2.45, 2.75) is 193 Å². The van der Waals surface area contributed by atoms with Crippen LogP contribution in [0.3, 0.4) is 0 Å². The van der Waals surface area contributed by atoms with Crippen LogP contribution < -0.4 is 37.7 Å². The van der Waals surface area contributed by atoms with Crippen molar-refractivity contribution < 1.29 is 67.9 Å². The molecule has 0 aliphatic carbocycles. The fraction of sp³-hybridized carbons (Fsp3) is 0.506. The third-order valence-corrected chi connectivity index (χ3v) is 18.2. The van der Waals surface area contributed by atoms with Gasteiger partial charge in [0.25, 0.3) is 5.91 Å². The molecule has 0 aromatic heterocycles. The van der Waals surface area contributed by atoms with E-state index in [1.807, 2.05) is 19.1 Å². The lowest BCUT2D eigenvalue weighted by Crippen LogP contribution is -2.40. The number of amides is 1. The number of aromatic hydroxyl groups is 2. The second-order valence-electron chi connectivity index (χ2n) is 25.8. The van der Waals surface area contributed by atoms with Crippen molar-refractivity contribution in [2.24, 2.45) is 46.6 Å². The van der Waals surface area contributed by atoms with E-state index in [0.29, 0.717) is 170 Å². The Balaban J connectivity index is 1.39. The van der Waals surface area contributed by atoms with Gasteiger partial charge >= 0.3 is 5.97 Å². The van der Waals surface area contributed by atoms with Crippen LogP contribution in [-0.2, 0) is 43.2 Å². The van der Waals surface area contributed by atoms with Gasteiger partial charge in [-0.05, 0) is 218 Å². The molecular formula is C79H109N5O14. The van der Waals surface area contributed by atoms with Crippen LogP contribution >= 0.6 is 0 Å². The minimum Gasteiger partial charge on any atom is -0.507 e. The van der Waals surface area contributed by atoms with E-state index < -0.39 is 47.1 Å². The number of carbonyl (C=O) groups excluding carboxylic acids is 8. The molecule has 534 valence electrons. The van der Waals surface area contributed by atoms with E-state index in [1.165, 1.54) is 44.6 Å². The summed E-state index contributed by atoms with van der Waals surface area (Å²) in [5.41, 5.74) is 26.4. The summed E-state index contributed by atoms with van der Waals surface area (Å²) in [5, 5.41) is 33.8. The normalized spacial score (nSPS) is 13.0. The number of carbonyl (C=O) groups is 9. The van der Waals surface area contributed by atoms with Crippen LogP contribution in [0, 0.1) is 23.7 Å². The quantitative estimate of drug-likeness (QED) is 0.0116. The van der Waals surface area contributed by atoms with Gasteiger partial charge in [0, 0.05) is 54.9 Å². The van der Waals surface area contributed by atoms with Crippen molar-refractivity contribution in [3.05, 3.63) is 148 Å². The number of carboxylic acid groups (broad SMARTS) is 1. The van der Waals surface area contributed by atoms with Crippen molar-refractivity contribution in [3.63, 3.8) is 0 Å². The number of nitrogens with one attached hydrogen (secondary N) is 1. The monoisotopic (exact) mass is 1350 g/mol. The summed E-state index contributed by atoms with van der Waals surface area (Å²) < 4.78 is 11.1. The summed E-state index contributed by atoms with van der Waals surface area (Å²) in [5.74, 6) is -5.02. The molecular weight excluding hydrogens is 1240 g/mol. The van der Waals surface area contributed by atoms with Crippen LogP contribution in [0.2, 0.25) is 0 Å². The summed E-state index contributed by atoms with van der Waals surface area (Å²) in [6.45, 7) is 9.46. The maximum Gasteiger partial charge on any atom is 0.303 e. The van der Waals surface area contributed by atoms with E-state index in [9.17, 15) is 53.4 Å². The number of benzene rings is 4. The molecule has 0 aliphatic rings. The number of Topliss-reactive ketones (excluding diaryl/α,β-unsaturated/α-hetero) is 5. The number of hydrogen-bond donors (Lipinski definition) is 8. The number of phenolic OH excluding ortho intramolecular Hbond substituents is 2. The predicted molar refractivity (Wildman–Crippen MR) is 385 cm³/mol. The Morgan fingerprint density at radius 1 is 0.510 bits per heavy atom. The highest BCUT2D eigenvalue weighted by Gasteiger charge is 2.34. The van der Waals surface area contributed by atoms with Crippen LogP contribution in [0.15, 0.2) is 104 Å². The van der Waals surface area contributed by atoms with Gasteiger partial charge in [0.05, 0.1) is 42.5 Å². The lowest BCUT2D eigenvalue weighted by Gasteiger charge is -2.24. The molecule has 5 atom stereocenters. The zero-order valence-electron chi connectivity index (χ0n) is 58.4. The number of allylic oxidation sites excluding steroid dienone is 4. The van der Waals surface area contributed by atoms with Gasteiger partial charge in [0.2, 0.25) is 0 Å². The third-order valence-electron chi connectivity index (χ3n) is 18.2. The Morgan fingerprint density at radius 2 is 1.01 bits per heavy atom. The lowest BCUT2D eigenvalue weighted by atomic mass is 9.78. The number of unbranched alkanes of at least 4 members (excludes halogenated alkanes) is 8. The molecule has 12 N–H and O–H groups in total. The smallest absolute Gasteiger partial charge is 0.303 e. The van der Waals surface area contributed by atoms with Crippen molar-refractivity contribution in [3.8, 4) is 23.0 Å². The molecule has 4 aromatic carbocycles. The van der Waals surface area contributed by atoms with Gasteiger partial charge in [0.1, 0.15) is 28.8 Å². The van der Waals surface area contributed by atoms with E-state index in [1.54, 1.807) is 61.5 Å². The molecule has 0 saturated heterocycles. The number of aryl methyl sites for hydroxylation is 1. The van der Waals surface area contributed by atoms with E-state index in [4.69, 9.17) is 37.5 Å². The van der Waals surface area contributed by atoms with Gasteiger partial charge in [-0.25, -0.2) is 0 Å². The number of phenols is 2. The highest BCUT2D eigenvalue weighted by atomic mass is 16.5. The number of ether oxygens (including phenoxy) is 2. The first-order valence-corrected chi connectivity index (χ1v) is 35.2. The van der Waals surface area contributed by atoms with E-state index in [0.717, 1.165) is 49.7 Å². The Morgan fingerprint density at radius 3 is 1.64 bits per heavy atom. The van der Waals surface area contributed by atoms with Crippen LogP contribution in [-0.4, -0.2) is 114 Å². The molecule has 19 nitrogen and oxygen atoms in total. The molecule has 98 heavy (non-hydrogen) atoms. The molecule has 0 aliphatic heterocycles. The zero-order valence-corrected chi connectivity index (χ0v) is 58.4. The molecule has 4 aromatic rings. The fourth-order valence-corrected chi connectivity index (χ4v) is 12.2. The topological polar surface area (TPSA) is 349 Å². The van der Waals surface area contributed by atoms with Gasteiger partial charge in [-0.1, -0.05) is 95.4 Å². The Hall–Kier alpha value is -8.23. The molecule has 0 fully saturated rings. The molecule has 0 radical (unpaired) electrons. The minimum atomic E-state index is -0.905. The maximum atomic E-state index is 14.5. The Kier molecular flexibility index (Phi) is 38.1. The van der Waals surface area contributed by atoms with E-state index in [2.05, 4.69) is 11.9 Å². The van der Waals surface area contributed by atoms with Gasteiger partial charge < -0.3 is 53.0 Å². The summed E-state index contributed by atoms with van der Waals surface area (Å²) >= 11 is 0. The molecule has 4 rings (SSSR count). The first-order chi connectivity index (χ1) is 47.1. The molecule has 0 saturated carbocycles. The number of hydrogen-bond acceptors (Lipinski definition) is 17. The fourth-order valence-electron chi connectivity index (χ4n) is 12.2. The Labute approximate surface area is 580 Å². The van der Waals surface area contributed by atoms with Crippen molar-refractivity contribution in [1.82, 2.24) is 5.32 Å². The molecule has 0 bridgehead atoms. The zero-order chi connectivity index (χ0) is 71.9. The number of methoxy groups -OCH3 is 2. The van der Waals surface area contributed by atoms with Crippen LogP contribution in [0.1, 0.15) is 232 Å². The number of ketones is 7. The molecule has 0 spiro atoms. The first-order valence-electron chi connectivity index (χ1n) is 35.2. The van der Waals surface area contributed by atoms with E-state index in [-0.39, 0.29) is 88.0 Å². The predicted octanol–water partition coefficient (Wildman–Crippen LogP) is 12.7. The summed E-state index contributed by atoms with van der Waals surface area (Å²) in [6.07, 6.45) is 20.5. The second kappa shape index (κ2) is 45.4. The molecule has 1 amide bonds. The molecule has 19 heteroatoms. The van der Waals surface area contributed by atoms with Crippen LogP contribution in [0.4, 0.5) is 0 Å². The van der Waals surface area contributed by atoms with Crippen molar-refractivity contribution in [2.75, 3.05) is 40.4 Å². The van der Waals surface area contributed by atoms with E-state index >= 15 is 0 Å². The van der Waals surface area contributed by atoms with Crippen molar-refractivity contribution in [1.29, 1.82) is 0 Å². The van der Waals surface area contributed by atoms with Crippen LogP contribution in [0.5, 0.6) is 23.0 Å². The van der Waals surface area contributed by atoms with Gasteiger partial charge in [-0.2, -0.15) is 0 Å². The second-order valence-corrected chi connectivity index (χ2v) is 25.8. The number of aliphatic carboxylic acids is 1. The van der Waals surface area contributed by atoms with Crippen molar-refractivity contribution >= 4 is 57.9 Å². The highest BCUT2D eigenvalue weighted by molar-refractivity contribution is 6.22. The van der Waals surface area contributed by atoms with Gasteiger partial charge in [0.15, 0.2) is 34.7 Å². The third kappa shape index (κ3) is 27.9. The average molecular weight is 1350 g/mol. The number of carboxylic acids is 1. The standard InChI is InChI=1S/C79H109N5O14/c1-53(23-11-15-45-80)67(85)32-19-24-56-37-41-72(90)64(50-56)78(95)55(3)61(29-13-17-47-82)77(94)54(2)60-40-42-71(89)62(52-60)69(87)34-22-28-59(27-12-16-46-81)68(86)33-20-25-58-39-44-75(98-5)65(51-58)79(96)84-66(30-14-18-48-83)73(91)35-21-26-57-38-43-74(97-4)63(49-57)70(88)31-9-7-6-8-10-36-76(92)93/h19,21,32,35,37-44,49-53,55,59,61,66,89-90H,2,6-18,20,22-31,33-34,36,45-48,80-83H2,1,3-5H3,(H,84,96)(H,92,93)/b32-19+,35-21+/t53?,55?,59-,61?,66+/m1/s1. The lowest BCUT2D eigenvalue weighted by molar-refractivity contribution is -0.137. The SMILES string of the molecule is C=C(C(=O)C(CCCCN)C(C)C(=O)c1cc(C/C=C/C(=O)C(C)CCCCN)ccc1O)c1ccc(O)c(C(=O)CCC[C@@H](CCCCN)C(=O)CCCc2ccc(OC)c(C(=O)N[C@@H](CCCCN)C(=O)/C=C/Cc3ccc(OC)c(C(=O)CCCCCCCC(=O)O)c3)c2)c1. The Bertz CT molecular complexity index is 3350. The molecule has 0 heterocycles. The molecule has 3 unspecified atom stereocenters. The highest BCUT2D eigenvalue weighted by Crippen LogP contribution is 2.34. The maximum absolute atomic E-state index is 14.5. The largest absolute Gasteiger partial charge is 0.507 e. The summed E-state index contributed by atoms with van der Waals surface area (Å²) in [4.78, 5) is 121.